The van der Waals surface area contributed by atoms with Crippen LogP contribution in [-0.2, 0) is 0 Å². The first kappa shape index (κ1) is 13.6. The Labute approximate surface area is 242 Å². The van der Waals surface area contributed by atoms with E-state index in [0.29, 0.717) is 16.3 Å². The average Bonchev–Trinajstić information content (AvgIpc) is 3.54. The van der Waals surface area contributed by atoms with Gasteiger partial charge in [-0.05, 0) is 61.4 Å². The third-order valence-electron chi connectivity index (χ3n) is 7.12. The fourth-order valence-electron chi connectivity index (χ4n) is 5.53. The lowest BCUT2D eigenvalue weighted by atomic mass is 9.83. The third-order valence-corrected chi connectivity index (χ3v) is 7.12. The number of benzene rings is 7. The molecule has 1 nitrogen and oxygen atoms in total. The second kappa shape index (κ2) is 8.72. The van der Waals surface area contributed by atoms with Crippen molar-refractivity contribution in [2.24, 2.45) is 0 Å². The lowest BCUT2D eigenvalue weighted by molar-refractivity contribution is 0.670. The van der Waals surface area contributed by atoms with E-state index in [2.05, 4.69) is 0 Å². The molecule has 0 amide bonds. The maximum absolute atomic E-state index is 9.62. The van der Waals surface area contributed by atoms with Crippen molar-refractivity contribution in [1.29, 1.82) is 0 Å². The fourth-order valence-corrected chi connectivity index (χ4v) is 5.53. The minimum Gasteiger partial charge on any atom is -0.455 e. The van der Waals surface area contributed by atoms with Crippen molar-refractivity contribution in [3.8, 4) is 33.4 Å². The van der Waals surface area contributed by atoms with Gasteiger partial charge >= 0.3 is 0 Å². The number of para-hydroxylation sites is 1. The van der Waals surface area contributed by atoms with Crippen LogP contribution in [-0.4, -0.2) is 0 Å². The van der Waals surface area contributed by atoms with E-state index in [4.69, 9.17) is 16.8 Å². The Kier molecular flexibility index (Phi) is 3.04. The van der Waals surface area contributed by atoms with Gasteiger partial charge in [-0.2, -0.15) is 0 Å². The zero-order chi connectivity index (χ0) is 35.3. The van der Waals surface area contributed by atoms with Crippen LogP contribution in [0, 0.1) is 0 Å². The van der Waals surface area contributed by atoms with E-state index in [9.17, 15) is 2.74 Å². The van der Waals surface area contributed by atoms with Crippen LogP contribution < -0.4 is 0 Å². The van der Waals surface area contributed by atoms with Gasteiger partial charge in [0.1, 0.15) is 11.2 Å². The molecule has 0 N–H and O–H groups in total. The number of furan rings is 1. The molecule has 39 heavy (non-hydrogen) atoms. The minimum atomic E-state index is -0.615. The Morgan fingerprint density at radius 3 is 1.69 bits per heavy atom. The molecule has 8 rings (SSSR count). The zero-order valence-corrected chi connectivity index (χ0v) is 20.4. The van der Waals surface area contributed by atoms with Crippen molar-refractivity contribution in [2.75, 3.05) is 0 Å². The molecule has 0 spiro atoms. The summed E-state index contributed by atoms with van der Waals surface area (Å²) in [5.74, 6) is 0. The molecule has 0 aliphatic rings. The first-order valence-corrected chi connectivity index (χ1v) is 12.5. The summed E-state index contributed by atoms with van der Waals surface area (Å²) in [6.45, 7) is 0. The Morgan fingerprint density at radius 2 is 1.00 bits per heavy atom. The second-order valence-electron chi connectivity index (χ2n) is 9.22. The van der Waals surface area contributed by atoms with Gasteiger partial charge in [0.05, 0.1) is 15.1 Å². The summed E-state index contributed by atoms with van der Waals surface area (Å²) in [5, 5.41) is 2.73. The molecule has 0 unspecified atom stereocenters. The largest absolute Gasteiger partial charge is 0.455 e. The Morgan fingerprint density at radius 1 is 0.410 bits per heavy atom. The van der Waals surface area contributed by atoms with Gasteiger partial charge in [-0.1, -0.05) is 133 Å². The van der Waals surface area contributed by atoms with Crippen molar-refractivity contribution < 1.29 is 19.5 Å². The predicted molar refractivity (Wildman–Crippen MR) is 165 cm³/mol. The molecule has 1 aromatic heterocycles. The molecule has 1 heterocycles. The molecular formula is C38H24O. The van der Waals surface area contributed by atoms with E-state index < -0.39 is 60.4 Å². The predicted octanol–water partition coefficient (Wildman–Crippen LogP) is 10.9. The van der Waals surface area contributed by atoms with Gasteiger partial charge in [-0.15, -0.1) is 0 Å². The summed E-state index contributed by atoms with van der Waals surface area (Å²) in [4.78, 5) is 0. The zero-order valence-electron chi connectivity index (χ0n) is 31.4. The van der Waals surface area contributed by atoms with E-state index in [0.717, 1.165) is 21.9 Å². The van der Waals surface area contributed by atoms with Crippen LogP contribution in [0.25, 0.3) is 76.9 Å². The van der Waals surface area contributed by atoms with E-state index in [-0.39, 0.29) is 44.7 Å². The van der Waals surface area contributed by atoms with E-state index in [1.807, 2.05) is 78.9 Å². The standard InChI is InChI=1S/C38H24O/c1-3-13-25(14-4-1)35-28-18-7-9-20-30(28)37(31-21-10-8-19-29(31)35)33-24-23-32-27-17-11-12-22-34(27)39-38(32)36(33)26-15-5-2-6-16-26/h1-24H/i2D,5D,6D,11D,12D,15D,16D,17D,22D,23D,24D. The Bertz CT molecular complexity index is 2680. The van der Waals surface area contributed by atoms with Gasteiger partial charge < -0.3 is 4.42 Å². The molecule has 0 saturated carbocycles. The highest BCUT2D eigenvalue weighted by Crippen LogP contribution is 2.48. The smallest absolute Gasteiger partial charge is 0.143 e. The summed E-state index contributed by atoms with van der Waals surface area (Å²) >= 11 is 0. The summed E-state index contributed by atoms with van der Waals surface area (Å²) in [6.07, 6.45) is 0. The molecule has 182 valence electrons. The molecule has 8 aromatic rings. The lowest BCUT2D eigenvalue weighted by Gasteiger charge is -2.20. The Balaban J connectivity index is 1.70. The molecular weight excluding hydrogens is 472 g/mol. The van der Waals surface area contributed by atoms with Crippen LogP contribution >= 0.6 is 0 Å². The summed E-state index contributed by atoms with van der Waals surface area (Å²) < 4.78 is 103. The van der Waals surface area contributed by atoms with Gasteiger partial charge in [0.25, 0.3) is 0 Å². The maximum Gasteiger partial charge on any atom is 0.143 e. The molecule has 0 saturated heterocycles. The van der Waals surface area contributed by atoms with Crippen LogP contribution in [0.5, 0.6) is 0 Å². The van der Waals surface area contributed by atoms with Crippen molar-refractivity contribution >= 4 is 43.5 Å². The van der Waals surface area contributed by atoms with Gasteiger partial charge in [0.2, 0.25) is 0 Å². The van der Waals surface area contributed by atoms with Crippen LogP contribution in [0.1, 0.15) is 15.1 Å². The fraction of sp³-hybridized carbons (Fsp3) is 0. The molecule has 0 atom stereocenters. The normalized spacial score (nSPS) is 15.5. The van der Waals surface area contributed by atoms with Gasteiger partial charge in [0, 0.05) is 16.3 Å². The van der Waals surface area contributed by atoms with Crippen LogP contribution in [0.15, 0.2) is 150 Å². The van der Waals surface area contributed by atoms with Crippen molar-refractivity contribution in [1.82, 2.24) is 0 Å². The van der Waals surface area contributed by atoms with E-state index >= 15 is 0 Å². The molecule has 7 aromatic carbocycles. The number of rotatable bonds is 3. The first-order chi connectivity index (χ1) is 24.0. The molecule has 0 aliphatic heterocycles. The average molecular weight is 508 g/mol. The monoisotopic (exact) mass is 507 g/mol. The minimum absolute atomic E-state index is 0.0716. The lowest BCUT2D eigenvalue weighted by Crippen LogP contribution is -1.93. The molecule has 0 radical (unpaired) electrons. The quantitative estimate of drug-likeness (QED) is 0.217. The summed E-state index contributed by atoms with van der Waals surface area (Å²) in [7, 11) is 0. The van der Waals surface area contributed by atoms with Gasteiger partial charge in [-0.25, -0.2) is 0 Å². The molecule has 0 aliphatic carbocycles. The van der Waals surface area contributed by atoms with E-state index in [1.54, 1.807) is 0 Å². The van der Waals surface area contributed by atoms with Crippen LogP contribution in [0.2, 0.25) is 0 Å². The van der Waals surface area contributed by atoms with Gasteiger partial charge in [-0.3, -0.25) is 0 Å². The van der Waals surface area contributed by atoms with Crippen molar-refractivity contribution in [2.45, 2.75) is 0 Å². The van der Waals surface area contributed by atoms with Crippen LogP contribution in [0.4, 0.5) is 0 Å². The van der Waals surface area contributed by atoms with Crippen molar-refractivity contribution in [3.05, 3.63) is 145 Å². The highest BCUT2D eigenvalue weighted by molar-refractivity contribution is 6.24. The highest BCUT2D eigenvalue weighted by atomic mass is 16.3. The molecule has 0 bridgehead atoms. The van der Waals surface area contributed by atoms with Gasteiger partial charge in [0.15, 0.2) is 0 Å². The van der Waals surface area contributed by atoms with Crippen LogP contribution in [0.3, 0.4) is 0 Å². The van der Waals surface area contributed by atoms with Crippen molar-refractivity contribution in [3.63, 3.8) is 0 Å². The summed E-state index contributed by atoms with van der Waals surface area (Å²) in [6, 6.07) is 19.1. The number of fused-ring (bicyclic) bond motifs is 5. The molecule has 0 fully saturated rings. The highest BCUT2D eigenvalue weighted by Gasteiger charge is 2.22. The van der Waals surface area contributed by atoms with E-state index in [1.165, 1.54) is 0 Å². The SMILES string of the molecule is [2H]c1c([2H])c([2H])c(-c2c(-c3c4ccccc4c(-c4ccccc4)c4ccccc34)c([2H])c([2H])c3c2oc2c([2H])c([2H])c([2H])c([2H])c23)c([2H])c1[2H]. The third kappa shape index (κ3) is 3.34. The second-order valence-corrected chi connectivity index (χ2v) is 9.22. The first-order valence-electron chi connectivity index (χ1n) is 18.0. The number of hydrogen-bond donors (Lipinski definition) is 0. The Hall–Kier alpha value is -5.14. The summed E-state index contributed by atoms with van der Waals surface area (Å²) in [5.41, 5.74) is 1.62. The maximum atomic E-state index is 9.62. The molecule has 1 heteroatoms. The topological polar surface area (TPSA) is 13.1 Å². The number of hydrogen-bond acceptors (Lipinski definition) is 1.